The monoisotopic (exact) mass is 446 g/mol. The molecule has 0 aliphatic carbocycles. The summed E-state index contributed by atoms with van der Waals surface area (Å²) in [6, 6.07) is 7.41. The quantitative estimate of drug-likeness (QED) is 0.763. The summed E-state index contributed by atoms with van der Waals surface area (Å²) in [4.78, 5) is 15.4. The van der Waals surface area contributed by atoms with E-state index in [0.29, 0.717) is 37.7 Å². The Kier molecular flexibility index (Phi) is 6.36. The number of carbonyl (C=O) groups is 1. The summed E-state index contributed by atoms with van der Waals surface area (Å²) in [7, 11) is -1.89. The maximum Gasteiger partial charge on any atom is 0.272 e. The second kappa shape index (κ2) is 9.02. The molecule has 2 saturated heterocycles. The zero-order valence-electron chi connectivity index (χ0n) is 18.1. The molecule has 8 nitrogen and oxygen atoms in total. The molecule has 31 heavy (non-hydrogen) atoms. The fraction of sp³-hybridized carbons (Fsp3) is 0.500. The number of rotatable bonds is 5. The second-order valence-electron chi connectivity index (χ2n) is 8.19. The highest BCUT2D eigenvalue weighted by Gasteiger charge is 2.28. The Morgan fingerprint density at radius 3 is 2.42 bits per heavy atom. The van der Waals surface area contributed by atoms with Crippen LogP contribution in [0.4, 0.5) is 11.4 Å². The van der Waals surface area contributed by atoms with Crippen molar-refractivity contribution in [2.45, 2.75) is 31.1 Å². The summed E-state index contributed by atoms with van der Waals surface area (Å²) in [6.07, 6.45) is 4.32. The van der Waals surface area contributed by atoms with E-state index in [2.05, 4.69) is 16.3 Å². The molecule has 0 unspecified atom stereocenters. The minimum Gasteiger partial charge on any atom is -0.378 e. The van der Waals surface area contributed by atoms with Crippen LogP contribution in [-0.2, 0) is 21.8 Å². The van der Waals surface area contributed by atoms with E-state index in [4.69, 9.17) is 4.74 Å². The van der Waals surface area contributed by atoms with E-state index < -0.39 is 10.0 Å². The number of morpholine rings is 1. The number of benzene rings is 1. The first kappa shape index (κ1) is 21.9. The standard InChI is InChI=1S/C22H30N4O4S/c1-17-14-18(25-10-12-30-13-11-25)6-7-20(17)23-22(27)21-15-19(16-24(21)2)31(28,29)26-8-4-3-5-9-26/h6-7,14-16H,3-5,8-13H2,1-2H3,(H,23,27). The Hall–Kier alpha value is -2.36. The number of piperidine rings is 1. The summed E-state index contributed by atoms with van der Waals surface area (Å²) in [5.74, 6) is -0.329. The maximum absolute atomic E-state index is 12.9. The van der Waals surface area contributed by atoms with Crippen LogP contribution in [0, 0.1) is 6.92 Å². The third-order valence-corrected chi connectivity index (χ3v) is 7.86. The first-order chi connectivity index (χ1) is 14.9. The molecule has 1 N–H and O–H groups in total. The number of amides is 1. The Labute approximate surface area is 183 Å². The Morgan fingerprint density at radius 2 is 1.74 bits per heavy atom. The van der Waals surface area contributed by atoms with Gasteiger partial charge in [0.25, 0.3) is 5.91 Å². The van der Waals surface area contributed by atoms with E-state index in [-0.39, 0.29) is 10.8 Å². The molecule has 0 bridgehead atoms. The molecule has 1 amide bonds. The molecule has 3 heterocycles. The largest absolute Gasteiger partial charge is 0.378 e. The molecule has 2 aliphatic heterocycles. The third-order valence-electron chi connectivity index (χ3n) is 6.00. The van der Waals surface area contributed by atoms with Gasteiger partial charge in [0.15, 0.2) is 0 Å². The first-order valence-corrected chi connectivity index (χ1v) is 12.2. The molecule has 1 aromatic heterocycles. The molecule has 4 rings (SSSR count). The van der Waals surface area contributed by atoms with E-state index >= 15 is 0 Å². The maximum atomic E-state index is 12.9. The van der Waals surface area contributed by atoms with Gasteiger partial charge in [-0.05, 0) is 49.6 Å². The highest BCUT2D eigenvalue weighted by atomic mass is 32.2. The second-order valence-corrected chi connectivity index (χ2v) is 10.1. The predicted molar refractivity (Wildman–Crippen MR) is 120 cm³/mol. The molecule has 0 atom stereocenters. The van der Waals surface area contributed by atoms with Gasteiger partial charge in [0, 0.05) is 50.8 Å². The van der Waals surface area contributed by atoms with Crippen LogP contribution in [0.15, 0.2) is 35.4 Å². The minimum absolute atomic E-state index is 0.168. The summed E-state index contributed by atoms with van der Waals surface area (Å²) in [5.41, 5.74) is 3.08. The van der Waals surface area contributed by atoms with Gasteiger partial charge in [0.2, 0.25) is 10.0 Å². The lowest BCUT2D eigenvalue weighted by Crippen LogP contribution is -2.36. The van der Waals surface area contributed by atoms with Gasteiger partial charge in [0.1, 0.15) is 10.6 Å². The molecule has 9 heteroatoms. The molecular formula is C22H30N4O4S. The fourth-order valence-corrected chi connectivity index (χ4v) is 5.74. The van der Waals surface area contributed by atoms with Crippen molar-refractivity contribution in [3.8, 4) is 0 Å². The van der Waals surface area contributed by atoms with Crippen molar-refractivity contribution >= 4 is 27.3 Å². The van der Waals surface area contributed by atoms with Gasteiger partial charge in [-0.2, -0.15) is 4.31 Å². The number of carbonyl (C=O) groups excluding carboxylic acids is 1. The number of hydrogen-bond acceptors (Lipinski definition) is 5. The number of aryl methyl sites for hydroxylation is 2. The Bertz CT molecular complexity index is 1050. The van der Waals surface area contributed by atoms with Crippen molar-refractivity contribution in [3.05, 3.63) is 41.7 Å². The van der Waals surface area contributed by atoms with E-state index in [0.717, 1.165) is 43.6 Å². The smallest absolute Gasteiger partial charge is 0.272 e. The molecule has 0 radical (unpaired) electrons. The van der Waals surface area contributed by atoms with E-state index in [1.807, 2.05) is 19.1 Å². The van der Waals surface area contributed by atoms with Gasteiger partial charge >= 0.3 is 0 Å². The summed E-state index contributed by atoms with van der Waals surface area (Å²) >= 11 is 0. The molecule has 2 fully saturated rings. The summed E-state index contributed by atoms with van der Waals surface area (Å²) in [5, 5.41) is 2.93. The molecule has 2 aliphatic rings. The molecule has 0 saturated carbocycles. The first-order valence-electron chi connectivity index (χ1n) is 10.8. The van der Waals surface area contributed by atoms with Gasteiger partial charge < -0.3 is 19.5 Å². The van der Waals surface area contributed by atoms with Crippen molar-refractivity contribution in [1.29, 1.82) is 0 Å². The minimum atomic E-state index is -3.58. The van der Waals surface area contributed by atoms with Crippen LogP contribution in [0.2, 0.25) is 0 Å². The van der Waals surface area contributed by atoms with Crippen LogP contribution in [0.3, 0.4) is 0 Å². The zero-order valence-corrected chi connectivity index (χ0v) is 19.0. The van der Waals surface area contributed by atoms with Crippen molar-refractivity contribution in [2.75, 3.05) is 49.6 Å². The molecular weight excluding hydrogens is 416 g/mol. The van der Waals surface area contributed by atoms with Gasteiger partial charge in [-0.1, -0.05) is 6.42 Å². The van der Waals surface area contributed by atoms with Gasteiger partial charge in [-0.15, -0.1) is 0 Å². The van der Waals surface area contributed by atoms with Crippen LogP contribution in [0.5, 0.6) is 0 Å². The third kappa shape index (κ3) is 4.63. The number of aromatic nitrogens is 1. The summed E-state index contributed by atoms with van der Waals surface area (Å²) in [6.45, 7) is 6.16. The fourth-order valence-electron chi connectivity index (χ4n) is 4.15. The van der Waals surface area contributed by atoms with E-state index in [9.17, 15) is 13.2 Å². The lowest BCUT2D eigenvalue weighted by atomic mass is 10.1. The number of nitrogens with one attached hydrogen (secondary N) is 1. The topological polar surface area (TPSA) is 83.9 Å². The highest BCUT2D eigenvalue weighted by molar-refractivity contribution is 7.89. The van der Waals surface area contributed by atoms with Crippen molar-refractivity contribution in [2.24, 2.45) is 7.05 Å². The Balaban J connectivity index is 1.50. The number of nitrogens with zero attached hydrogens (tertiary/aromatic N) is 3. The molecule has 2 aromatic rings. The number of ether oxygens (including phenoxy) is 1. The summed E-state index contributed by atoms with van der Waals surface area (Å²) < 4.78 is 34.4. The molecule has 168 valence electrons. The van der Waals surface area contributed by atoms with Gasteiger partial charge in [-0.25, -0.2) is 8.42 Å². The highest BCUT2D eigenvalue weighted by Crippen LogP contribution is 2.26. The number of sulfonamides is 1. The van der Waals surface area contributed by atoms with Crippen LogP contribution in [-0.4, -0.2) is 62.6 Å². The Morgan fingerprint density at radius 1 is 1.03 bits per heavy atom. The molecule has 0 spiro atoms. The number of anilines is 2. The van der Waals surface area contributed by atoms with Crippen molar-refractivity contribution in [3.63, 3.8) is 0 Å². The number of hydrogen-bond donors (Lipinski definition) is 1. The predicted octanol–water partition coefficient (Wildman–Crippen LogP) is 2.60. The normalized spacial score (nSPS) is 18.2. The van der Waals surface area contributed by atoms with E-state index in [1.54, 1.807) is 11.6 Å². The lowest BCUT2D eigenvalue weighted by Gasteiger charge is -2.29. The molecule has 1 aromatic carbocycles. The van der Waals surface area contributed by atoms with Crippen LogP contribution in [0.1, 0.15) is 35.3 Å². The van der Waals surface area contributed by atoms with Gasteiger partial charge in [-0.3, -0.25) is 4.79 Å². The SMILES string of the molecule is Cc1cc(N2CCOCC2)ccc1NC(=O)c1cc(S(=O)(=O)N2CCCCC2)cn1C. The van der Waals surface area contributed by atoms with Crippen molar-refractivity contribution < 1.29 is 17.9 Å². The van der Waals surface area contributed by atoms with Crippen LogP contribution >= 0.6 is 0 Å². The lowest BCUT2D eigenvalue weighted by molar-refractivity contribution is 0.101. The van der Waals surface area contributed by atoms with Crippen LogP contribution in [0.25, 0.3) is 0 Å². The van der Waals surface area contributed by atoms with E-state index in [1.165, 1.54) is 16.6 Å². The average molecular weight is 447 g/mol. The zero-order chi connectivity index (χ0) is 22.0. The van der Waals surface area contributed by atoms with Crippen molar-refractivity contribution in [1.82, 2.24) is 8.87 Å². The van der Waals surface area contributed by atoms with Crippen LogP contribution < -0.4 is 10.2 Å². The van der Waals surface area contributed by atoms with Gasteiger partial charge in [0.05, 0.1) is 13.2 Å². The average Bonchev–Trinajstić information content (AvgIpc) is 3.19.